The van der Waals surface area contributed by atoms with Crippen molar-refractivity contribution in [1.29, 1.82) is 0 Å². The number of pyridine rings is 1. The maximum Gasteiger partial charge on any atom is 0.338 e. The molecule has 1 aromatic rings. The lowest BCUT2D eigenvalue weighted by molar-refractivity contribution is -0.689. The molecule has 2 amide bonds. The molecule has 2 heterocycles. The standard InChI is InChI=1S/C14H17N3O3/c1-3-20-13(18)12-10(2)15-14(19)16-11(12)9-17-7-5-4-6-8-17/h4-8,10H,3,9H2,1-2H3,(H-,15,16,18,19)/p+1. The van der Waals surface area contributed by atoms with E-state index in [1.54, 1.807) is 13.8 Å². The summed E-state index contributed by atoms with van der Waals surface area (Å²) >= 11 is 0. The van der Waals surface area contributed by atoms with E-state index in [0.29, 0.717) is 24.4 Å². The Morgan fingerprint density at radius 3 is 2.70 bits per heavy atom. The van der Waals surface area contributed by atoms with Crippen LogP contribution in [0.2, 0.25) is 0 Å². The van der Waals surface area contributed by atoms with E-state index in [0.717, 1.165) is 0 Å². The number of allylic oxidation sites excluding steroid dienone is 1. The number of amides is 2. The first-order valence-corrected chi connectivity index (χ1v) is 6.53. The smallest absolute Gasteiger partial charge is 0.338 e. The van der Waals surface area contributed by atoms with Crippen LogP contribution in [0.4, 0.5) is 4.79 Å². The predicted octanol–water partition coefficient (Wildman–Crippen LogP) is 0.493. The van der Waals surface area contributed by atoms with Crippen molar-refractivity contribution in [1.82, 2.24) is 10.6 Å². The van der Waals surface area contributed by atoms with Crippen molar-refractivity contribution >= 4 is 12.0 Å². The molecule has 1 aromatic heterocycles. The molecule has 6 heteroatoms. The zero-order valence-electron chi connectivity index (χ0n) is 11.6. The van der Waals surface area contributed by atoms with Gasteiger partial charge in [-0.1, -0.05) is 6.07 Å². The number of hydrogen-bond donors (Lipinski definition) is 2. The third-order valence-electron chi connectivity index (χ3n) is 2.98. The number of nitrogens with zero attached hydrogens (tertiary/aromatic N) is 1. The second kappa shape index (κ2) is 6.18. The van der Waals surface area contributed by atoms with E-state index in [1.807, 2.05) is 35.2 Å². The Balaban J connectivity index is 2.32. The van der Waals surface area contributed by atoms with Crippen LogP contribution in [0.25, 0.3) is 0 Å². The molecule has 20 heavy (non-hydrogen) atoms. The van der Waals surface area contributed by atoms with E-state index in [4.69, 9.17) is 4.74 Å². The van der Waals surface area contributed by atoms with E-state index in [1.165, 1.54) is 0 Å². The first-order chi connectivity index (χ1) is 9.61. The Labute approximate surface area is 117 Å². The summed E-state index contributed by atoms with van der Waals surface area (Å²) in [6, 6.07) is 4.99. The molecule has 0 aliphatic carbocycles. The molecule has 0 saturated carbocycles. The number of ether oxygens (including phenoxy) is 1. The molecule has 6 nitrogen and oxygen atoms in total. The molecule has 1 atom stereocenters. The number of hydrogen-bond acceptors (Lipinski definition) is 3. The number of nitrogens with one attached hydrogen (secondary N) is 2. The molecule has 106 valence electrons. The van der Waals surface area contributed by atoms with Gasteiger partial charge in [0.1, 0.15) is 0 Å². The highest BCUT2D eigenvalue weighted by molar-refractivity contribution is 5.94. The normalized spacial score (nSPS) is 18.3. The molecule has 1 unspecified atom stereocenters. The van der Waals surface area contributed by atoms with Crippen molar-refractivity contribution < 1.29 is 18.9 Å². The zero-order valence-corrected chi connectivity index (χ0v) is 11.6. The molecule has 0 aromatic carbocycles. The third kappa shape index (κ3) is 3.14. The lowest BCUT2D eigenvalue weighted by atomic mass is 10.0. The molecular formula is C14H18N3O3+. The summed E-state index contributed by atoms with van der Waals surface area (Å²) in [5, 5.41) is 5.36. The van der Waals surface area contributed by atoms with E-state index in [-0.39, 0.29) is 12.1 Å². The Kier molecular flexibility index (Phi) is 4.34. The van der Waals surface area contributed by atoms with Crippen molar-refractivity contribution in [3.05, 3.63) is 41.9 Å². The van der Waals surface area contributed by atoms with Gasteiger partial charge in [0.25, 0.3) is 0 Å². The van der Waals surface area contributed by atoms with Crippen LogP contribution in [0.3, 0.4) is 0 Å². The van der Waals surface area contributed by atoms with Crippen LogP contribution in [0.15, 0.2) is 41.9 Å². The zero-order chi connectivity index (χ0) is 14.5. The van der Waals surface area contributed by atoms with Gasteiger partial charge in [0.15, 0.2) is 18.9 Å². The molecule has 0 bridgehead atoms. The summed E-state index contributed by atoms with van der Waals surface area (Å²) in [5.74, 6) is -0.404. The lowest BCUT2D eigenvalue weighted by Crippen LogP contribution is -2.52. The fourth-order valence-corrected chi connectivity index (χ4v) is 2.13. The highest BCUT2D eigenvalue weighted by Gasteiger charge is 2.31. The highest BCUT2D eigenvalue weighted by Crippen LogP contribution is 2.14. The largest absolute Gasteiger partial charge is 0.463 e. The molecule has 0 spiro atoms. The Morgan fingerprint density at radius 1 is 1.35 bits per heavy atom. The van der Waals surface area contributed by atoms with Gasteiger partial charge in [-0.15, -0.1) is 0 Å². The van der Waals surface area contributed by atoms with Crippen LogP contribution in [0.5, 0.6) is 0 Å². The summed E-state index contributed by atoms with van der Waals surface area (Å²) in [6.07, 6.45) is 3.74. The minimum atomic E-state index is -0.404. The van der Waals surface area contributed by atoms with E-state index in [2.05, 4.69) is 10.6 Å². The van der Waals surface area contributed by atoms with Crippen molar-refractivity contribution in [3.63, 3.8) is 0 Å². The Bertz CT molecular complexity index is 540. The summed E-state index contributed by atoms with van der Waals surface area (Å²) in [5.41, 5.74) is 1.03. The number of aromatic nitrogens is 1. The fraction of sp³-hybridized carbons (Fsp3) is 0.357. The van der Waals surface area contributed by atoms with Crippen molar-refractivity contribution in [3.8, 4) is 0 Å². The Morgan fingerprint density at radius 2 is 2.05 bits per heavy atom. The average Bonchev–Trinajstić information content (AvgIpc) is 2.39. The number of carbonyl (C=O) groups excluding carboxylic acids is 2. The van der Waals surface area contributed by atoms with Crippen molar-refractivity contribution in [2.45, 2.75) is 26.4 Å². The van der Waals surface area contributed by atoms with E-state index < -0.39 is 5.97 Å². The minimum absolute atomic E-state index is 0.300. The molecule has 2 rings (SSSR count). The lowest BCUT2D eigenvalue weighted by Gasteiger charge is -2.25. The number of urea groups is 1. The number of rotatable bonds is 4. The molecule has 0 saturated heterocycles. The van der Waals surface area contributed by atoms with Crippen LogP contribution < -0.4 is 15.2 Å². The first kappa shape index (κ1) is 14.0. The molecule has 0 radical (unpaired) electrons. The molecule has 1 aliphatic rings. The summed E-state index contributed by atoms with van der Waals surface area (Å²) in [4.78, 5) is 23.6. The summed E-state index contributed by atoms with van der Waals surface area (Å²) in [7, 11) is 0. The van der Waals surface area contributed by atoms with Crippen LogP contribution in [0.1, 0.15) is 13.8 Å². The summed E-state index contributed by atoms with van der Waals surface area (Å²) < 4.78 is 6.94. The SMILES string of the molecule is CCOC(=O)C1=C(C[n+]2ccccc2)NC(=O)NC1C. The van der Waals surface area contributed by atoms with Gasteiger partial charge in [-0.2, -0.15) is 4.57 Å². The second-order valence-corrected chi connectivity index (χ2v) is 4.48. The average molecular weight is 276 g/mol. The van der Waals surface area contributed by atoms with Gasteiger partial charge in [-0.25, -0.2) is 9.59 Å². The van der Waals surface area contributed by atoms with Gasteiger partial charge < -0.3 is 15.4 Å². The first-order valence-electron chi connectivity index (χ1n) is 6.53. The monoisotopic (exact) mass is 276 g/mol. The highest BCUT2D eigenvalue weighted by atomic mass is 16.5. The number of esters is 1. The van der Waals surface area contributed by atoms with Gasteiger partial charge in [-0.05, 0) is 13.8 Å². The molecule has 2 N–H and O–H groups in total. The van der Waals surface area contributed by atoms with Crippen LogP contribution in [0, 0.1) is 0 Å². The minimum Gasteiger partial charge on any atom is -0.463 e. The van der Waals surface area contributed by atoms with Gasteiger partial charge in [0.05, 0.1) is 23.9 Å². The van der Waals surface area contributed by atoms with Gasteiger partial charge in [0, 0.05) is 12.1 Å². The maximum atomic E-state index is 12.0. The molecule has 0 fully saturated rings. The van der Waals surface area contributed by atoms with Crippen molar-refractivity contribution in [2.24, 2.45) is 0 Å². The molecular weight excluding hydrogens is 258 g/mol. The van der Waals surface area contributed by atoms with Gasteiger partial charge in [-0.3, -0.25) is 0 Å². The predicted molar refractivity (Wildman–Crippen MR) is 71.4 cm³/mol. The Hall–Kier alpha value is -2.37. The van der Waals surface area contributed by atoms with E-state index in [9.17, 15) is 9.59 Å². The fourth-order valence-electron chi connectivity index (χ4n) is 2.13. The van der Waals surface area contributed by atoms with Gasteiger partial charge >= 0.3 is 12.0 Å². The van der Waals surface area contributed by atoms with Crippen molar-refractivity contribution in [2.75, 3.05) is 6.61 Å². The maximum absolute atomic E-state index is 12.0. The van der Waals surface area contributed by atoms with Crippen LogP contribution >= 0.6 is 0 Å². The molecule has 1 aliphatic heterocycles. The topological polar surface area (TPSA) is 71.3 Å². The van der Waals surface area contributed by atoms with Crippen LogP contribution in [-0.4, -0.2) is 24.6 Å². The van der Waals surface area contributed by atoms with Crippen LogP contribution in [-0.2, 0) is 16.1 Å². The number of carbonyl (C=O) groups is 2. The quantitative estimate of drug-likeness (QED) is 0.621. The summed E-state index contributed by atoms with van der Waals surface area (Å²) in [6.45, 7) is 4.23. The third-order valence-corrected chi connectivity index (χ3v) is 2.98. The van der Waals surface area contributed by atoms with Gasteiger partial charge in [0.2, 0.25) is 0 Å². The second-order valence-electron chi connectivity index (χ2n) is 4.48. The van der Waals surface area contributed by atoms with E-state index >= 15 is 0 Å².